The molecule has 0 bridgehead atoms. The minimum atomic E-state index is -5.96. The Balaban J connectivity index is 2.81. The van der Waals surface area contributed by atoms with Crippen molar-refractivity contribution in [2.45, 2.75) is 11.3 Å². The number of rotatable bonds is 4. The topological polar surface area (TPSA) is 115 Å². The fraction of sp³-hybridized carbons (Fsp3) is 0.167. The zero-order valence-corrected chi connectivity index (χ0v) is 13.3. The largest absolute Gasteiger partial charge is 0.399 e. The Morgan fingerprint density at radius 2 is 1.33 bits per heavy atom. The summed E-state index contributed by atoms with van der Waals surface area (Å²) in [6, 6.07) is 4.82. The van der Waals surface area contributed by atoms with E-state index in [1.165, 1.54) is 6.07 Å². The summed E-state index contributed by atoms with van der Waals surface area (Å²) in [4.78, 5) is 35.0. The molecule has 0 aliphatic rings. The van der Waals surface area contributed by atoms with Crippen molar-refractivity contribution in [2.75, 3.05) is 0 Å². The third-order valence-electron chi connectivity index (χ3n) is 3.29. The first-order chi connectivity index (χ1) is 10.7. The van der Waals surface area contributed by atoms with Gasteiger partial charge in [-0.3, -0.25) is 9.13 Å². The molecule has 0 fully saturated rings. The van der Waals surface area contributed by atoms with Crippen LogP contribution in [0.5, 0.6) is 0 Å². The van der Waals surface area contributed by atoms with Crippen LogP contribution in [0, 0.1) is 0 Å². The standard InChI is InChI=1S/C12H10F4O6P2/c13-11(14,23(17,18)19)8-5-4-7-2-1-3-10(9(7)6-8)12(15,16)24(20,21)22/h1-6H,(H2,17,18,19)(H2,20,21,22). The zero-order valence-electron chi connectivity index (χ0n) is 11.5. The molecular weight excluding hydrogens is 378 g/mol. The number of fused-ring (bicyclic) bond motifs is 1. The van der Waals surface area contributed by atoms with Crippen LogP contribution in [0.1, 0.15) is 11.1 Å². The van der Waals surface area contributed by atoms with Crippen molar-refractivity contribution >= 4 is 26.0 Å². The molecule has 6 nitrogen and oxygen atoms in total. The highest BCUT2D eigenvalue weighted by Crippen LogP contribution is 2.62. The molecule has 0 saturated carbocycles. The van der Waals surface area contributed by atoms with Crippen LogP contribution in [-0.2, 0) is 20.5 Å². The van der Waals surface area contributed by atoms with Crippen LogP contribution in [0.15, 0.2) is 36.4 Å². The number of hydrogen-bond acceptors (Lipinski definition) is 2. The monoisotopic (exact) mass is 388 g/mol. The fourth-order valence-corrected chi connectivity index (χ4v) is 3.03. The number of halogens is 4. The van der Waals surface area contributed by atoms with E-state index in [0.29, 0.717) is 18.2 Å². The molecule has 2 rings (SSSR count). The Morgan fingerprint density at radius 1 is 0.792 bits per heavy atom. The normalized spacial score (nSPS) is 14.2. The molecule has 4 N–H and O–H groups in total. The van der Waals surface area contributed by atoms with Gasteiger partial charge in [0.25, 0.3) is 0 Å². The predicted molar refractivity (Wildman–Crippen MR) is 75.8 cm³/mol. The van der Waals surface area contributed by atoms with E-state index < -0.39 is 43.0 Å². The summed E-state index contributed by atoms with van der Waals surface area (Å²) >= 11 is 0. The van der Waals surface area contributed by atoms with Crippen LogP contribution in [0.4, 0.5) is 17.6 Å². The lowest BCUT2D eigenvalue weighted by atomic mass is 10.0. The number of hydrogen-bond donors (Lipinski definition) is 4. The van der Waals surface area contributed by atoms with Crippen molar-refractivity contribution in [1.82, 2.24) is 0 Å². The molecule has 0 aromatic heterocycles. The maximum Gasteiger partial charge on any atom is 0.399 e. The van der Waals surface area contributed by atoms with E-state index in [-0.39, 0.29) is 5.39 Å². The molecule has 2 aromatic rings. The van der Waals surface area contributed by atoms with Crippen molar-refractivity contribution < 1.29 is 46.3 Å². The molecule has 12 heteroatoms. The second-order valence-electron chi connectivity index (χ2n) is 4.91. The number of alkyl halides is 4. The van der Waals surface area contributed by atoms with E-state index in [0.717, 1.165) is 12.1 Å². The smallest absolute Gasteiger partial charge is 0.320 e. The molecule has 0 atom stereocenters. The van der Waals surface area contributed by atoms with Crippen LogP contribution in [0.2, 0.25) is 0 Å². The van der Waals surface area contributed by atoms with Gasteiger partial charge in [0.2, 0.25) is 0 Å². The maximum atomic E-state index is 14.0. The van der Waals surface area contributed by atoms with E-state index in [2.05, 4.69) is 0 Å². The Morgan fingerprint density at radius 3 is 1.83 bits per heavy atom. The molecular formula is C12H10F4O6P2. The minimum Gasteiger partial charge on any atom is -0.320 e. The molecule has 0 radical (unpaired) electrons. The van der Waals surface area contributed by atoms with Gasteiger partial charge in [0.1, 0.15) is 0 Å². The maximum absolute atomic E-state index is 14.0. The summed E-state index contributed by atoms with van der Waals surface area (Å²) in [7, 11) is -11.9. The molecule has 2 aromatic carbocycles. The van der Waals surface area contributed by atoms with E-state index in [1.54, 1.807) is 0 Å². The van der Waals surface area contributed by atoms with Crippen molar-refractivity contribution in [3.05, 3.63) is 47.5 Å². The highest BCUT2D eigenvalue weighted by molar-refractivity contribution is 7.53. The fourth-order valence-electron chi connectivity index (χ4n) is 2.05. The lowest BCUT2D eigenvalue weighted by Crippen LogP contribution is -2.16. The average Bonchev–Trinajstić information content (AvgIpc) is 2.43. The van der Waals surface area contributed by atoms with Crippen LogP contribution < -0.4 is 0 Å². The van der Waals surface area contributed by atoms with Crippen molar-refractivity contribution in [3.8, 4) is 0 Å². The van der Waals surface area contributed by atoms with Crippen molar-refractivity contribution in [3.63, 3.8) is 0 Å². The van der Waals surface area contributed by atoms with Crippen LogP contribution >= 0.6 is 15.2 Å². The highest BCUT2D eigenvalue weighted by atomic mass is 31.2. The average molecular weight is 388 g/mol. The van der Waals surface area contributed by atoms with Gasteiger partial charge in [-0.1, -0.05) is 30.3 Å². The van der Waals surface area contributed by atoms with Crippen LogP contribution in [-0.4, -0.2) is 19.6 Å². The molecule has 132 valence electrons. The lowest BCUT2D eigenvalue weighted by molar-refractivity contribution is 0.0556. The Hall–Kier alpha value is -1.28. The lowest BCUT2D eigenvalue weighted by Gasteiger charge is -2.22. The highest BCUT2D eigenvalue weighted by Gasteiger charge is 2.52. The van der Waals surface area contributed by atoms with E-state index in [1.807, 2.05) is 0 Å². The summed E-state index contributed by atoms with van der Waals surface area (Å²) in [6.45, 7) is 0. The van der Waals surface area contributed by atoms with E-state index >= 15 is 0 Å². The molecule has 0 spiro atoms. The Kier molecular flexibility index (Phi) is 4.46. The predicted octanol–water partition coefficient (Wildman–Crippen LogP) is 3.29. The number of benzene rings is 2. The summed E-state index contributed by atoms with van der Waals surface area (Å²) in [5.41, 5.74) is -11.8. The second-order valence-corrected chi connectivity index (χ2v) is 8.21. The molecule has 0 heterocycles. The third-order valence-corrected chi connectivity index (χ3v) is 5.25. The molecule has 0 aliphatic heterocycles. The minimum absolute atomic E-state index is 0.0640. The van der Waals surface area contributed by atoms with Gasteiger partial charge in [-0.2, -0.15) is 17.6 Å². The van der Waals surface area contributed by atoms with E-state index in [9.17, 15) is 26.7 Å². The van der Waals surface area contributed by atoms with Gasteiger partial charge in [-0.15, -0.1) is 0 Å². The summed E-state index contributed by atoms with van der Waals surface area (Å²) in [5.74, 6) is 0. The SMILES string of the molecule is O=P(O)(O)C(F)(F)c1ccc2cccc(C(F)(F)P(=O)(O)O)c2c1. The molecule has 24 heavy (non-hydrogen) atoms. The molecule has 0 unspecified atom stereocenters. The summed E-state index contributed by atoms with van der Waals surface area (Å²) in [6.07, 6.45) is 0. The molecule has 0 saturated heterocycles. The Labute approximate surface area is 132 Å². The Bertz CT molecular complexity index is 888. The van der Waals surface area contributed by atoms with Gasteiger partial charge in [0.15, 0.2) is 0 Å². The van der Waals surface area contributed by atoms with Gasteiger partial charge >= 0.3 is 26.5 Å². The summed E-state index contributed by atoms with van der Waals surface area (Å²) < 4.78 is 77.3. The first-order valence-electron chi connectivity index (χ1n) is 6.10. The molecule has 0 aliphatic carbocycles. The van der Waals surface area contributed by atoms with Gasteiger partial charge in [-0.05, 0) is 16.8 Å². The second kappa shape index (κ2) is 5.62. The van der Waals surface area contributed by atoms with Gasteiger partial charge < -0.3 is 19.6 Å². The van der Waals surface area contributed by atoms with Crippen LogP contribution in [0.25, 0.3) is 10.8 Å². The quantitative estimate of drug-likeness (QED) is 0.472. The van der Waals surface area contributed by atoms with Gasteiger partial charge in [-0.25, -0.2) is 0 Å². The van der Waals surface area contributed by atoms with E-state index in [4.69, 9.17) is 19.6 Å². The van der Waals surface area contributed by atoms with Crippen LogP contribution in [0.3, 0.4) is 0 Å². The first kappa shape index (κ1) is 19.1. The van der Waals surface area contributed by atoms with Crippen molar-refractivity contribution in [2.24, 2.45) is 0 Å². The van der Waals surface area contributed by atoms with Gasteiger partial charge in [0.05, 0.1) is 0 Å². The molecule has 0 amide bonds. The van der Waals surface area contributed by atoms with Crippen molar-refractivity contribution in [1.29, 1.82) is 0 Å². The first-order valence-corrected chi connectivity index (χ1v) is 9.33. The van der Waals surface area contributed by atoms with Gasteiger partial charge in [0, 0.05) is 11.1 Å². The third kappa shape index (κ3) is 3.01. The zero-order chi connectivity index (χ0) is 18.6. The summed E-state index contributed by atoms with van der Waals surface area (Å²) in [5, 5.41) is -0.720.